The third-order valence-electron chi connectivity index (χ3n) is 3.28. The van der Waals surface area contributed by atoms with Crippen LogP contribution in [0.3, 0.4) is 0 Å². The van der Waals surface area contributed by atoms with Crippen LogP contribution in [-0.4, -0.2) is 19.1 Å². The summed E-state index contributed by atoms with van der Waals surface area (Å²) in [5, 5.41) is 2.82. The second kappa shape index (κ2) is 9.37. The van der Waals surface area contributed by atoms with Gasteiger partial charge in [0.25, 0.3) is 0 Å². The number of anilines is 2. The maximum Gasteiger partial charge on any atom is 0.250 e. The predicted octanol–water partition coefficient (Wildman–Crippen LogP) is 3.50. The first kappa shape index (κ1) is 16.5. The van der Waals surface area contributed by atoms with Gasteiger partial charge in [-0.25, -0.2) is 0 Å². The molecule has 0 fully saturated rings. The lowest BCUT2D eigenvalue weighted by atomic mass is 10.1. The summed E-state index contributed by atoms with van der Waals surface area (Å²) >= 11 is 0. The van der Waals surface area contributed by atoms with Gasteiger partial charge >= 0.3 is 0 Å². The lowest BCUT2D eigenvalue weighted by Gasteiger charge is -2.10. The summed E-state index contributed by atoms with van der Waals surface area (Å²) in [5.41, 5.74) is 8.11. The SMILES string of the molecule is CCCCCCCOCC(=O)Nc1cccc(N)c1C. The molecule has 0 bridgehead atoms. The third kappa shape index (κ3) is 6.06. The van der Waals surface area contributed by atoms with E-state index in [0.29, 0.717) is 12.3 Å². The fourth-order valence-corrected chi connectivity index (χ4v) is 1.95. The number of hydrogen-bond donors (Lipinski definition) is 2. The zero-order valence-electron chi connectivity index (χ0n) is 12.6. The summed E-state index contributed by atoms with van der Waals surface area (Å²) < 4.78 is 5.37. The van der Waals surface area contributed by atoms with Crippen molar-refractivity contribution in [2.45, 2.75) is 46.0 Å². The van der Waals surface area contributed by atoms with Crippen LogP contribution in [0.25, 0.3) is 0 Å². The van der Waals surface area contributed by atoms with Gasteiger partial charge in [0.1, 0.15) is 6.61 Å². The van der Waals surface area contributed by atoms with Crippen molar-refractivity contribution in [1.29, 1.82) is 0 Å². The zero-order valence-corrected chi connectivity index (χ0v) is 12.6. The summed E-state index contributed by atoms with van der Waals surface area (Å²) in [4.78, 5) is 11.7. The Morgan fingerprint density at radius 1 is 1.25 bits per heavy atom. The number of nitrogens with two attached hydrogens (primary N) is 1. The largest absolute Gasteiger partial charge is 0.398 e. The van der Waals surface area contributed by atoms with Crippen LogP contribution in [0, 0.1) is 6.92 Å². The molecule has 0 aliphatic rings. The first-order chi connectivity index (χ1) is 9.65. The Morgan fingerprint density at radius 2 is 2.00 bits per heavy atom. The van der Waals surface area contributed by atoms with Crippen molar-refractivity contribution in [3.05, 3.63) is 23.8 Å². The standard InChI is InChI=1S/C16H26N2O2/c1-3-4-5-6-7-11-20-12-16(19)18-15-10-8-9-14(17)13(15)2/h8-10H,3-7,11-12,17H2,1-2H3,(H,18,19). The van der Waals surface area contributed by atoms with E-state index in [9.17, 15) is 4.79 Å². The van der Waals surface area contributed by atoms with Crippen LogP contribution in [-0.2, 0) is 9.53 Å². The maximum absolute atomic E-state index is 11.7. The summed E-state index contributed by atoms with van der Waals surface area (Å²) in [6, 6.07) is 5.48. The number of ether oxygens (including phenoxy) is 1. The molecule has 0 radical (unpaired) electrons. The van der Waals surface area contributed by atoms with Crippen LogP contribution in [0.2, 0.25) is 0 Å². The minimum absolute atomic E-state index is 0.0992. The van der Waals surface area contributed by atoms with Crippen molar-refractivity contribution < 1.29 is 9.53 Å². The number of benzene rings is 1. The van der Waals surface area contributed by atoms with E-state index >= 15 is 0 Å². The van der Waals surface area contributed by atoms with Crippen LogP contribution in [0.15, 0.2) is 18.2 Å². The van der Waals surface area contributed by atoms with E-state index in [1.54, 1.807) is 0 Å². The monoisotopic (exact) mass is 278 g/mol. The van der Waals surface area contributed by atoms with E-state index in [0.717, 1.165) is 17.7 Å². The summed E-state index contributed by atoms with van der Waals surface area (Å²) in [6.45, 7) is 4.83. The number of nitrogens with one attached hydrogen (secondary N) is 1. The average molecular weight is 278 g/mol. The molecule has 20 heavy (non-hydrogen) atoms. The van der Waals surface area contributed by atoms with Gasteiger partial charge < -0.3 is 15.8 Å². The number of carbonyl (C=O) groups excluding carboxylic acids is 1. The minimum Gasteiger partial charge on any atom is -0.398 e. The molecule has 4 nitrogen and oxygen atoms in total. The van der Waals surface area contributed by atoms with Gasteiger partial charge in [-0.3, -0.25) is 4.79 Å². The molecule has 1 aromatic carbocycles. The maximum atomic E-state index is 11.7. The molecule has 0 saturated heterocycles. The van der Waals surface area contributed by atoms with Crippen LogP contribution >= 0.6 is 0 Å². The Morgan fingerprint density at radius 3 is 2.75 bits per heavy atom. The normalized spacial score (nSPS) is 10.5. The predicted molar refractivity (Wildman–Crippen MR) is 83.8 cm³/mol. The third-order valence-corrected chi connectivity index (χ3v) is 3.28. The van der Waals surface area contributed by atoms with Gasteiger partial charge in [-0.05, 0) is 31.0 Å². The van der Waals surface area contributed by atoms with Crippen molar-refractivity contribution >= 4 is 17.3 Å². The van der Waals surface area contributed by atoms with Crippen molar-refractivity contribution in [2.24, 2.45) is 0 Å². The Labute approximate surface area is 121 Å². The molecular formula is C16H26N2O2. The van der Waals surface area contributed by atoms with E-state index < -0.39 is 0 Å². The molecule has 4 heteroatoms. The lowest BCUT2D eigenvalue weighted by Crippen LogP contribution is -2.19. The van der Waals surface area contributed by atoms with Crippen molar-refractivity contribution in [1.82, 2.24) is 0 Å². The summed E-state index contributed by atoms with van der Waals surface area (Å²) in [6.07, 6.45) is 5.95. The first-order valence-corrected chi connectivity index (χ1v) is 7.37. The highest BCUT2D eigenvalue weighted by Crippen LogP contribution is 2.20. The fourth-order valence-electron chi connectivity index (χ4n) is 1.95. The highest BCUT2D eigenvalue weighted by atomic mass is 16.5. The van der Waals surface area contributed by atoms with Crippen molar-refractivity contribution in [3.8, 4) is 0 Å². The van der Waals surface area contributed by atoms with E-state index in [-0.39, 0.29) is 12.5 Å². The van der Waals surface area contributed by atoms with Crippen LogP contribution in [0.4, 0.5) is 11.4 Å². The average Bonchev–Trinajstić information content (AvgIpc) is 2.43. The second-order valence-electron chi connectivity index (χ2n) is 5.03. The highest BCUT2D eigenvalue weighted by Gasteiger charge is 2.06. The van der Waals surface area contributed by atoms with Gasteiger partial charge in [0.15, 0.2) is 0 Å². The van der Waals surface area contributed by atoms with Crippen LogP contribution < -0.4 is 11.1 Å². The first-order valence-electron chi connectivity index (χ1n) is 7.37. The van der Waals surface area contributed by atoms with Gasteiger partial charge in [-0.1, -0.05) is 38.7 Å². The number of hydrogen-bond acceptors (Lipinski definition) is 3. The number of unbranched alkanes of at least 4 members (excludes halogenated alkanes) is 4. The smallest absolute Gasteiger partial charge is 0.250 e. The molecule has 0 aliphatic carbocycles. The van der Waals surface area contributed by atoms with E-state index in [2.05, 4.69) is 12.2 Å². The Hall–Kier alpha value is -1.55. The topological polar surface area (TPSA) is 64.3 Å². The quantitative estimate of drug-likeness (QED) is 0.536. The Bertz CT molecular complexity index is 419. The molecule has 3 N–H and O–H groups in total. The molecule has 0 unspecified atom stereocenters. The van der Waals surface area contributed by atoms with Crippen LogP contribution in [0.1, 0.15) is 44.6 Å². The molecule has 0 aliphatic heterocycles. The van der Waals surface area contributed by atoms with E-state index in [4.69, 9.17) is 10.5 Å². The second-order valence-corrected chi connectivity index (χ2v) is 5.03. The van der Waals surface area contributed by atoms with Gasteiger partial charge in [0.05, 0.1) is 0 Å². The highest BCUT2D eigenvalue weighted by molar-refractivity contribution is 5.93. The van der Waals surface area contributed by atoms with Crippen LogP contribution in [0.5, 0.6) is 0 Å². The molecule has 0 heterocycles. The Kier molecular flexibility index (Phi) is 7.73. The molecule has 1 rings (SSSR count). The van der Waals surface area contributed by atoms with Gasteiger partial charge in [-0.15, -0.1) is 0 Å². The van der Waals surface area contributed by atoms with Crippen molar-refractivity contribution in [2.75, 3.05) is 24.3 Å². The van der Waals surface area contributed by atoms with Gasteiger partial charge in [-0.2, -0.15) is 0 Å². The number of nitrogen functional groups attached to an aromatic ring is 1. The molecule has 0 atom stereocenters. The zero-order chi connectivity index (χ0) is 14.8. The number of amides is 1. The van der Waals surface area contributed by atoms with Gasteiger partial charge in [0.2, 0.25) is 5.91 Å². The van der Waals surface area contributed by atoms with Crippen molar-refractivity contribution in [3.63, 3.8) is 0 Å². The number of carbonyl (C=O) groups is 1. The van der Waals surface area contributed by atoms with Gasteiger partial charge in [0, 0.05) is 18.0 Å². The number of rotatable bonds is 9. The minimum atomic E-state index is -0.132. The molecule has 0 spiro atoms. The molecule has 1 aromatic rings. The molecular weight excluding hydrogens is 252 g/mol. The van der Waals surface area contributed by atoms with E-state index in [1.807, 2.05) is 25.1 Å². The lowest BCUT2D eigenvalue weighted by molar-refractivity contribution is -0.120. The summed E-state index contributed by atoms with van der Waals surface area (Å²) in [5.74, 6) is -0.132. The summed E-state index contributed by atoms with van der Waals surface area (Å²) in [7, 11) is 0. The molecule has 1 amide bonds. The molecule has 0 saturated carbocycles. The fraction of sp³-hybridized carbons (Fsp3) is 0.562. The molecule has 0 aromatic heterocycles. The Balaban J connectivity index is 2.19. The van der Waals surface area contributed by atoms with E-state index in [1.165, 1.54) is 25.7 Å². The molecule has 112 valence electrons.